The van der Waals surface area contributed by atoms with E-state index in [2.05, 4.69) is 26.0 Å². The lowest BCUT2D eigenvalue weighted by molar-refractivity contribution is 0.400. The van der Waals surface area contributed by atoms with Gasteiger partial charge in [0.25, 0.3) is 0 Å². The van der Waals surface area contributed by atoms with Crippen LogP contribution in [0.4, 0.5) is 0 Å². The van der Waals surface area contributed by atoms with Gasteiger partial charge >= 0.3 is 0 Å². The third-order valence-electron chi connectivity index (χ3n) is 3.21. The number of nitrogens with zero attached hydrogens (tertiary/aromatic N) is 1. The van der Waals surface area contributed by atoms with Gasteiger partial charge in [-0.2, -0.15) is 0 Å². The smallest absolute Gasteiger partial charge is 0.242 e. The van der Waals surface area contributed by atoms with Crippen molar-refractivity contribution in [1.29, 1.82) is 0 Å². The summed E-state index contributed by atoms with van der Waals surface area (Å²) in [4.78, 5) is 3.43. The number of halogens is 1. The van der Waals surface area contributed by atoms with Gasteiger partial charge in [0.05, 0.1) is 3.79 Å². The van der Waals surface area contributed by atoms with E-state index in [0.29, 0.717) is 21.3 Å². The summed E-state index contributed by atoms with van der Waals surface area (Å²) in [6.45, 7) is 2.06. The monoisotopic (exact) mass is 395 g/mol. The number of hydrogen-bond donors (Lipinski definition) is 2. The van der Waals surface area contributed by atoms with Gasteiger partial charge < -0.3 is 10.2 Å². The topological polar surface area (TPSA) is 61.4 Å². The fraction of sp³-hybridized carbons (Fsp3) is 0.692. The zero-order valence-electron chi connectivity index (χ0n) is 12.4. The van der Waals surface area contributed by atoms with E-state index in [1.807, 2.05) is 19.0 Å². The number of hydrogen-bond acceptors (Lipinski definition) is 5. The Morgan fingerprint density at radius 3 is 2.76 bits per heavy atom. The van der Waals surface area contributed by atoms with Crippen LogP contribution in [-0.4, -0.2) is 46.5 Å². The average Bonchev–Trinajstić information content (AvgIpc) is 3.14. The maximum absolute atomic E-state index is 12.3. The van der Waals surface area contributed by atoms with Crippen molar-refractivity contribution >= 4 is 37.3 Å². The van der Waals surface area contributed by atoms with Crippen LogP contribution in [0.1, 0.15) is 24.1 Å². The standard InChI is InChI=1S/C13H22BrN3O2S2/c1-17(2)7-3-6-16-21(18,19)12-8-11(20-13(12)14)9-15-10-4-5-10/h8,10,15-16H,3-7,9H2,1-2H3. The Morgan fingerprint density at radius 2 is 2.14 bits per heavy atom. The molecule has 1 aliphatic carbocycles. The predicted molar refractivity (Wildman–Crippen MR) is 90.2 cm³/mol. The van der Waals surface area contributed by atoms with Crippen molar-refractivity contribution in [2.75, 3.05) is 27.2 Å². The third kappa shape index (κ3) is 5.61. The molecule has 0 aromatic carbocycles. The summed E-state index contributed by atoms with van der Waals surface area (Å²) in [5.74, 6) is 0. The molecular formula is C13H22BrN3O2S2. The van der Waals surface area contributed by atoms with Gasteiger partial charge in [0.1, 0.15) is 4.90 Å². The molecule has 0 aliphatic heterocycles. The molecule has 0 atom stereocenters. The van der Waals surface area contributed by atoms with Gasteiger partial charge in [0, 0.05) is 24.0 Å². The van der Waals surface area contributed by atoms with Gasteiger partial charge in [-0.15, -0.1) is 11.3 Å². The lowest BCUT2D eigenvalue weighted by Crippen LogP contribution is -2.27. The summed E-state index contributed by atoms with van der Waals surface area (Å²) in [5, 5.41) is 3.40. The quantitative estimate of drug-likeness (QED) is 0.627. The molecule has 0 spiro atoms. The molecule has 1 aliphatic rings. The number of rotatable bonds is 9. The van der Waals surface area contributed by atoms with Crippen LogP contribution in [0.5, 0.6) is 0 Å². The molecule has 0 radical (unpaired) electrons. The van der Waals surface area contributed by atoms with E-state index in [1.165, 1.54) is 24.2 Å². The molecule has 1 fully saturated rings. The SMILES string of the molecule is CN(C)CCCNS(=O)(=O)c1cc(CNC2CC2)sc1Br. The van der Waals surface area contributed by atoms with Crippen molar-refractivity contribution in [3.63, 3.8) is 0 Å². The first-order valence-corrected chi connectivity index (χ1v) is 10.1. The molecule has 1 aromatic rings. The van der Waals surface area contributed by atoms with Crippen LogP contribution in [0.2, 0.25) is 0 Å². The second-order valence-electron chi connectivity index (χ2n) is 5.56. The van der Waals surface area contributed by atoms with Crippen LogP contribution in [0.15, 0.2) is 14.7 Å². The zero-order chi connectivity index (χ0) is 15.5. The van der Waals surface area contributed by atoms with Crippen molar-refractivity contribution in [2.45, 2.75) is 36.7 Å². The predicted octanol–water partition coefficient (Wildman–Crippen LogP) is 1.99. The van der Waals surface area contributed by atoms with Crippen LogP contribution in [0.3, 0.4) is 0 Å². The van der Waals surface area contributed by atoms with Crippen LogP contribution in [0, 0.1) is 0 Å². The van der Waals surface area contributed by atoms with Crippen LogP contribution in [0.25, 0.3) is 0 Å². The molecule has 0 amide bonds. The van der Waals surface area contributed by atoms with Crippen molar-refractivity contribution in [1.82, 2.24) is 14.9 Å². The number of nitrogens with one attached hydrogen (secondary N) is 2. The van der Waals surface area contributed by atoms with Crippen molar-refractivity contribution in [2.24, 2.45) is 0 Å². The van der Waals surface area contributed by atoms with Crippen LogP contribution in [-0.2, 0) is 16.6 Å². The molecule has 0 bridgehead atoms. The van der Waals surface area contributed by atoms with E-state index in [-0.39, 0.29) is 0 Å². The minimum atomic E-state index is -3.42. The Kier molecular flexibility index (Phi) is 6.22. The second-order valence-corrected chi connectivity index (χ2v) is 9.75. The number of thiophene rings is 1. The Balaban J connectivity index is 1.91. The molecule has 2 rings (SSSR count). The largest absolute Gasteiger partial charge is 0.309 e. The average molecular weight is 396 g/mol. The first kappa shape index (κ1) is 17.4. The summed E-state index contributed by atoms with van der Waals surface area (Å²) in [5.41, 5.74) is 0. The van der Waals surface area contributed by atoms with Gasteiger partial charge in [-0.3, -0.25) is 0 Å². The molecule has 0 unspecified atom stereocenters. The van der Waals surface area contributed by atoms with Gasteiger partial charge in [-0.05, 0) is 61.9 Å². The molecule has 120 valence electrons. The molecular weight excluding hydrogens is 374 g/mol. The third-order valence-corrected chi connectivity index (χ3v) is 6.93. The Morgan fingerprint density at radius 1 is 1.43 bits per heavy atom. The maximum atomic E-state index is 12.3. The molecule has 8 heteroatoms. The fourth-order valence-corrected chi connectivity index (χ4v) is 5.59. The Labute approximate surface area is 139 Å². The molecule has 1 saturated carbocycles. The summed E-state index contributed by atoms with van der Waals surface area (Å²) >= 11 is 4.85. The van der Waals surface area contributed by atoms with Gasteiger partial charge in [0.15, 0.2) is 0 Å². The maximum Gasteiger partial charge on any atom is 0.242 e. The lowest BCUT2D eigenvalue weighted by atomic mass is 10.4. The summed E-state index contributed by atoms with van der Waals surface area (Å²) in [7, 11) is 0.527. The first-order valence-electron chi connectivity index (χ1n) is 7.04. The van der Waals surface area contributed by atoms with E-state index >= 15 is 0 Å². The Hall–Kier alpha value is 0.01000. The molecule has 2 N–H and O–H groups in total. The summed E-state index contributed by atoms with van der Waals surface area (Å²) < 4.78 is 27.9. The first-order chi connectivity index (χ1) is 9.88. The van der Waals surface area contributed by atoms with E-state index < -0.39 is 10.0 Å². The number of sulfonamides is 1. The van der Waals surface area contributed by atoms with E-state index in [1.54, 1.807) is 6.07 Å². The summed E-state index contributed by atoms with van der Waals surface area (Å²) in [6, 6.07) is 2.38. The highest BCUT2D eigenvalue weighted by Crippen LogP contribution is 2.32. The molecule has 0 saturated heterocycles. The highest BCUT2D eigenvalue weighted by Gasteiger charge is 2.23. The van der Waals surface area contributed by atoms with E-state index in [0.717, 1.165) is 24.4 Å². The van der Waals surface area contributed by atoms with E-state index in [9.17, 15) is 8.42 Å². The van der Waals surface area contributed by atoms with Crippen LogP contribution < -0.4 is 10.0 Å². The summed E-state index contributed by atoms with van der Waals surface area (Å²) in [6.07, 6.45) is 3.25. The van der Waals surface area contributed by atoms with Crippen molar-refractivity contribution in [3.05, 3.63) is 14.7 Å². The fourth-order valence-electron chi connectivity index (χ4n) is 1.88. The normalized spacial score (nSPS) is 15.8. The molecule has 5 nitrogen and oxygen atoms in total. The minimum absolute atomic E-state index is 0.352. The molecule has 1 aromatic heterocycles. The van der Waals surface area contributed by atoms with Gasteiger partial charge in [-0.25, -0.2) is 13.1 Å². The lowest BCUT2D eigenvalue weighted by Gasteiger charge is -2.10. The highest BCUT2D eigenvalue weighted by molar-refractivity contribution is 9.11. The zero-order valence-corrected chi connectivity index (χ0v) is 15.6. The van der Waals surface area contributed by atoms with Crippen molar-refractivity contribution < 1.29 is 8.42 Å². The van der Waals surface area contributed by atoms with E-state index in [4.69, 9.17) is 0 Å². The second kappa shape index (κ2) is 7.52. The van der Waals surface area contributed by atoms with Gasteiger partial charge in [0.2, 0.25) is 10.0 Å². The Bertz CT molecular complexity index is 568. The minimum Gasteiger partial charge on any atom is -0.309 e. The van der Waals surface area contributed by atoms with Gasteiger partial charge in [-0.1, -0.05) is 0 Å². The molecule has 21 heavy (non-hydrogen) atoms. The van der Waals surface area contributed by atoms with Crippen molar-refractivity contribution in [3.8, 4) is 0 Å². The van der Waals surface area contributed by atoms with Crippen LogP contribution >= 0.6 is 27.3 Å². The highest BCUT2D eigenvalue weighted by atomic mass is 79.9. The molecule has 1 heterocycles.